The van der Waals surface area contributed by atoms with Crippen molar-refractivity contribution in [2.45, 2.75) is 25.9 Å². The molecule has 1 saturated heterocycles. The van der Waals surface area contributed by atoms with Gasteiger partial charge in [-0.15, -0.1) is 0 Å². The summed E-state index contributed by atoms with van der Waals surface area (Å²) in [6.45, 7) is 2.64. The Morgan fingerprint density at radius 3 is 2.69 bits per heavy atom. The number of aromatic nitrogens is 1. The maximum Gasteiger partial charge on any atom is 0.309 e. The zero-order chi connectivity index (χ0) is 22.7. The van der Waals surface area contributed by atoms with Crippen LogP contribution in [0.1, 0.15) is 19.8 Å². The molecule has 2 aromatic carbocycles. The van der Waals surface area contributed by atoms with E-state index in [1.807, 2.05) is 29.2 Å². The third kappa shape index (κ3) is 4.69. The van der Waals surface area contributed by atoms with Gasteiger partial charge in [0.1, 0.15) is 5.52 Å². The number of fused-ring (bicyclic) bond motifs is 1. The molecule has 0 aliphatic carbocycles. The van der Waals surface area contributed by atoms with E-state index in [1.54, 1.807) is 0 Å². The molecule has 1 amide bonds. The minimum atomic E-state index is -1.03. The standard InChI is InChI=1S/C22H22N4O6/c1-14(20(27)23-16-5-4-6-17(13-16)26(29)30)31-21(28)15-9-11-25(12-10-15)22-24-18-7-2-3-8-19(18)32-22/h2-8,13-15H,9-12H2,1H3,(H,23,27). The largest absolute Gasteiger partial charge is 0.452 e. The van der Waals surface area contributed by atoms with Gasteiger partial charge in [0, 0.05) is 30.9 Å². The molecule has 0 bridgehead atoms. The summed E-state index contributed by atoms with van der Waals surface area (Å²) in [5, 5.41) is 13.4. The minimum Gasteiger partial charge on any atom is -0.452 e. The number of amides is 1. The number of esters is 1. The highest BCUT2D eigenvalue weighted by molar-refractivity contribution is 5.95. The first-order valence-corrected chi connectivity index (χ1v) is 10.3. The van der Waals surface area contributed by atoms with Crippen molar-refractivity contribution in [2.75, 3.05) is 23.3 Å². The first kappa shape index (κ1) is 21.3. The monoisotopic (exact) mass is 438 g/mol. The van der Waals surface area contributed by atoms with E-state index in [4.69, 9.17) is 9.15 Å². The second kappa shape index (κ2) is 9.04. The first-order valence-electron chi connectivity index (χ1n) is 10.3. The number of piperidine rings is 1. The molecule has 2 heterocycles. The van der Waals surface area contributed by atoms with E-state index >= 15 is 0 Å². The smallest absolute Gasteiger partial charge is 0.309 e. The van der Waals surface area contributed by atoms with Crippen molar-refractivity contribution in [3.05, 3.63) is 58.6 Å². The highest BCUT2D eigenvalue weighted by Gasteiger charge is 2.30. The summed E-state index contributed by atoms with van der Waals surface area (Å²) < 4.78 is 11.1. The van der Waals surface area contributed by atoms with Crippen LogP contribution in [0.2, 0.25) is 0 Å². The van der Waals surface area contributed by atoms with Crippen LogP contribution in [0.25, 0.3) is 11.1 Å². The van der Waals surface area contributed by atoms with Gasteiger partial charge < -0.3 is 19.4 Å². The molecule has 166 valence electrons. The van der Waals surface area contributed by atoms with E-state index < -0.39 is 22.9 Å². The number of rotatable bonds is 6. The van der Waals surface area contributed by atoms with E-state index in [1.165, 1.54) is 31.2 Å². The van der Waals surface area contributed by atoms with Crippen molar-refractivity contribution in [1.82, 2.24) is 4.98 Å². The lowest BCUT2D eigenvalue weighted by atomic mass is 9.97. The molecule has 1 unspecified atom stereocenters. The molecule has 0 saturated carbocycles. The highest BCUT2D eigenvalue weighted by Crippen LogP contribution is 2.27. The Labute approximate surface area is 183 Å². The second-order valence-electron chi connectivity index (χ2n) is 7.60. The fourth-order valence-corrected chi connectivity index (χ4v) is 3.57. The molecule has 1 fully saturated rings. The predicted molar refractivity (Wildman–Crippen MR) is 116 cm³/mol. The molecule has 32 heavy (non-hydrogen) atoms. The molecule has 1 atom stereocenters. The number of hydrogen-bond donors (Lipinski definition) is 1. The van der Waals surface area contributed by atoms with Crippen LogP contribution >= 0.6 is 0 Å². The molecule has 1 aromatic heterocycles. The van der Waals surface area contributed by atoms with Gasteiger partial charge in [-0.2, -0.15) is 4.98 Å². The molecule has 1 aliphatic rings. The molecule has 3 aromatic rings. The van der Waals surface area contributed by atoms with Crippen LogP contribution in [0.4, 0.5) is 17.4 Å². The summed E-state index contributed by atoms with van der Waals surface area (Å²) in [5.41, 5.74) is 1.62. The van der Waals surface area contributed by atoms with Crippen LogP contribution < -0.4 is 10.2 Å². The summed E-state index contributed by atoms with van der Waals surface area (Å²) in [5.74, 6) is -1.32. The van der Waals surface area contributed by atoms with Crippen molar-refractivity contribution in [3.8, 4) is 0 Å². The van der Waals surface area contributed by atoms with Crippen molar-refractivity contribution in [1.29, 1.82) is 0 Å². The maximum atomic E-state index is 12.5. The minimum absolute atomic E-state index is 0.141. The number of nitrogens with one attached hydrogen (secondary N) is 1. The van der Waals surface area contributed by atoms with Gasteiger partial charge in [-0.25, -0.2) is 0 Å². The number of anilines is 2. The van der Waals surface area contributed by atoms with Gasteiger partial charge >= 0.3 is 5.97 Å². The number of benzene rings is 2. The van der Waals surface area contributed by atoms with Crippen LogP contribution in [0.5, 0.6) is 0 Å². The van der Waals surface area contributed by atoms with Crippen LogP contribution in [0.3, 0.4) is 0 Å². The predicted octanol–water partition coefficient (Wildman–Crippen LogP) is 3.52. The molecule has 10 heteroatoms. The Kier molecular flexibility index (Phi) is 6.02. The molecule has 1 N–H and O–H groups in total. The number of carbonyl (C=O) groups is 2. The Hall–Kier alpha value is -3.95. The van der Waals surface area contributed by atoms with Crippen molar-refractivity contribution >= 4 is 40.4 Å². The van der Waals surface area contributed by atoms with Crippen molar-refractivity contribution in [3.63, 3.8) is 0 Å². The first-order chi connectivity index (χ1) is 15.4. The summed E-state index contributed by atoms with van der Waals surface area (Å²) in [6.07, 6.45) is 0.0740. The summed E-state index contributed by atoms with van der Waals surface area (Å²) in [4.78, 5) is 41.7. The SMILES string of the molecule is CC(OC(=O)C1CCN(c2nc3ccccc3o2)CC1)C(=O)Nc1cccc([N+](=O)[O-])c1. The zero-order valence-corrected chi connectivity index (χ0v) is 17.4. The van der Waals surface area contributed by atoms with Crippen molar-refractivity contribution < 1.29 is 23.7 Å². The Balaban J connectivity index is 1.29. The van der Waals surface area contributed by atoms with Gasteiger partial charge in [-0.05, 0) is 38.0 Å². The lowest BCUT2D eigenvalue weighted by Gasteiger charge is -2.30. The number of nitro benzene ring substituents is 1. The summed E-state index contributed by atoms with van der Waals surface area (Å²) in [6, 6.07) is 13.6. The molecular weight excluding hydrogens is 416 g/mol. The average molecular weight is 438 g/mol. The van der Waals surface area contributed by atoms with Crippen molar-refractivity contribution in [2.24, 2.45) is 5.92 Å². The molecular formula is C22H22N4O6. The third-order valence-corrected chi connectivity index (χ3v) is 5.37. The zero-order valence-electron chi connectivity index (χ0n) is 17.4. The number of non-ortho nitro benzene ring substituents is 1. The van der Waals surface area contributed by atoms with E-state index in [0.717, 1.165) is 5.52 Å². The highest BCUT2D eigenvalue weighted by atomic mass is 16.6. The van der Waals surface area contributed by atoms with E-state index in [2.05, 4.69) is 10.3 Å². The molecule has 1 aliphatic heterocycles. The van der Waals surface area contributed by atoms with E-state index in [0.29, 0.717) is 37.5 Å². The quantitative estimate of drug-likeness (QED) is 0.352. The van der Waals surface area contributed by atoms with Crippen LogP contribution in [0, 0.1) is 16.0 Å². The number of hydrogen-bond acceptors (Lipinski definition) is 8. The normalized spacial score (nSPS) is 15.3. The third-order valence-electron chi connectivity index (χ3n) is 5.37. The van der Waals surface area contributed by atoms with Gasteiger partial charge in [0.25, 0.3) is 17.6 Å². The van der Waals surface area contributed by atoms with E-state index in [9.17, 15) is 19.7 Å². The molecule has 4 rings (SSSR count). The van der Waals surface area contributed by atoms with Crippen LogP contribution in [-0.4, -0.2) is 41.0 Å². The summed E-state index contributed by atoms with van der Waals surface area (Å²) in [7, 11) is 0. The lowest BCUT2D eigenvalue weighted by molar-refractivity contribution is -0.384. The number of carbonyl (C=O) groups excluding carboxylic acids is 2. The molecule has 0 spiro atoms. The van der Waals surface area contributed by atoms with Gasteiger partial charge in [-0.1, -0.05) is 18.2 Å². The number of nitrogens with zero attached hydrogens (tertiary/aromatic N) is 3. The summed E-state index contributed by atoms with van der Waals surface area (Å²) >= 11 is 0. The maximum absolute atomic E-state index is 12.5. The van der Waals surface area contributed by atoms with Crippen LogP contribution in [0.15, 0.2) is 52.9 Å². The number of ether oxygens (including phenoxy) is 1. The Morgan fingerprint density at radius 2 is 1.97 bits per heavy atom. The number of oxazole rings is 1. The second-order valence-corrected chi connectivity index (χ2v) is 7.60. The Bertz CT molecular complexity index is 1120. The molecule has 10 nitrogen and oxygen atoms in total. The van der Waals surface area contributed by atoms with Gasteiger partial charge in [0.05, 0.1) is 10.8 Å². The van der Waals surface area contributed by atoms with Gasteiger partial charge in [-0.3, -0.25) is 19.7 Å². The number of para-hydroxylation sites is 2. The fraction of sp³-hybridized carbons (Fsp3) is 0.318. The average Bonchev–Trinajstić information content (AvgIpc) is 3.23. The van der Waals surface area contributed by atoms with Gasteiger partial charge in [0.15, 0.2) is 11.7 Å². The van der Waals surface area contributed by atoms with Gasteiger partial charge in [0.2, 0.25) is 0 Å². The fourth-order valence-electron chi connectivity index (χ4n) is 3.57. The van der Waals surface area contributed by atoms with E-state index in [-0.39, 0.29) is 17.3 Å². The van der Waals surface area contributed by atoms with Crippen LogP contribution in [-0.2, 0) is 14.3 Å². The lowest BCUT2D eigenvalue weighted by Crippen LogP contribution is -2.39. The Morgan fingerprint density at radius 1 is 1.22 bits per heavy atom. The number of nitro groups is 1. The molecule has 0 radical (unpaired) electrons. The topological polar surface area (TPSA) is 128 Å².